The molecular weight excluding hydrogens is 280 g/mol. The van der Waals surface area contributed by atoms with E-state index in [0.29, 0.717) is 36.4 Å². The largest absolute Gasteiger partial charge is 0.478 e. The summed E-state index contributed by atoms with van der Waals surface area (Å²) in [6, 6.07) is 5.37. The van der Waals surface area contributed by atoms with Crippen molar-refractivity contribution in [2.45, 2.75) is 45.8 Å². The van der Waals surface area contributed by atoms with Crippen LogP contribution in [0, 0.1) is 0 Å². The summed E-state index contributed by atoms with van der Waals surface area (Å²) >= 11 is 0. The van der Waals surface area contributed by atoms with Crippen LogP contribution in [0.1, 0.15) is 44.0 Å². The van der Waals surface area contributed by atoms with Crippen molar-refractivity contribution in [1.29, 1.82) is 0 Å². The number of anilines is 1. The zero-order valence-electron chi connectivity index (χ0n) is 13.7. The third kappa shape index (κ3) is 3.14. The van der Waals surface area contributed by atoms with Crippen LogP contribution in [0.5, 0.6) is 5.75 Å². The van der Waals surface area contributed by atoms with Crippen molar-refractivity contribution in [2.24, 2.45) is 0 Å². The minimum atomic E-state index is -0.444. The van der Waals surface area contributed by atoms with Crippen LogP contribution < -0.4 is 15.0 Å². The summed E-state index contributed by atoms with van der Waals surface area (Å²) in [4.78, 5) is 26.4. The van der Waals surface area contributed by atoms with Gasteiger partial charge in [-0.15, -0.1) is 0 Å². The maximum absolute atomic E-state index is 12.5. The van der Waals surface area contributed by atoms with Crippen LogP contribution in [0.25, 0.3) is 0 Å². The van der Waals surface area contributed by atoms with E-state index in [1.807, 2.05) is 27.8 Å². The van der Waals surface area contributed by atoms with Gasteiger partial charge < -0.3 is 15.0 Å². The Balaban J connectivity index is 2.38. The van der Waals surface area contributed by atoms with Crippen LogP contribution in [0.15, 0.2) is 18.2 Å². The molecule has 1 heterocycles. The van der Waals surface area contributed by atoms with Crippen LogP contribution in [-0.4, -0.2) is 37.4 Å². The fourth-order valence-electron chi connectivity index (χ4n) is 2.63. The smallest absolute Gasteiger partial charge is 0.268 e. The molecule has 0 radical (unpaired) electrons. The summed E-state index contributed by atoms with van der Waals surface area (Å²) in [7, 11) is 1.82. The lowest BCUT2D eigenvalue weighted by Crippen LogP contribution is -2.48. The van der Waals surface area contributed by atoms with Gasteiger partial charge in [-0.2, -0.15) is 0 Å². The van der Waals surface area contributed by atoms with Crippen molar-refractivity contribution in [1.82, 2.24) is 5.32 Å². The second kappa shape index (κ2) is 6.92. The molecule has 1 amide bonds. The molecule has 0 aromatic heterocycles. The number of Topliss-reactive ketones (excluding diaryl/α,β-unsaturated/α-hetero) is 1. The summed E-state index contributed by atoms with van der Waals surface area (Å²) in [6.45, 7) is 6.50. The number of carbonyl (C=O) groups is 2. The van der Waals surface area contributed by atoms with E-state index in [0.717, 1.165) is 0 Å². The molecule has 1 aliphatic rings. The summed E-state index contributed by atoms with van der Waals surface area (Å²) < 4.78 is 5.77. The van der Waals surface area contributed by atoms with Crippen LogP contribution >= 0.6 is 0 Å². The molecule has 1 atom stereocenters. The summed E-state index contributed by atoms with van der Waals surface area (Å²) in [5.41, 5.74) is 1.31. The number of hydrogen-bond donors (Lipinski definition) is 1. The SMILES string of the molecule is CCC1Oc2ccc(C(=O)CCNC)cc2N(C(C)C)C1=O. The molecule has 0 saturated carbocycles. The molecule has 5 nitrogen and oxygen atoms in total. The van der Waals surface area contributed by atoms with Gasteiger partial charge in [0.05, 0.1) is 5.69 Å². The van der Waals surface area contributed by atoms with Crippen molar-refractivity contribution in [3.05, 3.63) is 23.8 Å². The molecule has 0 fully saturated rings. The highest BCUT2D eigenvalue weighted by atomic mass is 16.5. The van der Waals surface area contributed by atoms with Crippen molar-refractivity contribution >= 4 is 17.4 Å². The number of nitrogens with zero attached hydrogens (tertiary/aromatic N) is 1. The van der Waals surface area contributed by atoms with E-state index < -0.39 is 6.10 Å². The molecule has 1 N–H and O–H groups in total. The van der Waals surface area contributed by atoms with Gasteiger partial charge in [-0.1, -0.05) is 6.92 Å². The standard InChI is InChI=1S/C17H24N2O3/c1-5-15-17(21)19(11(2)3)13-10-12(6-7-16(13)22-15)14(20)8-9-18-4/h6-7,10-11,15,18H,5,8-9H2,1-4H3. The van der Waals surface area contributed by atoms with Gasteiger partial charge in [-0.3, -0.25) is 9.59 Å². The van der Waals surface area contributed by atoms with Gasteiger partial charge in [0.2, 0.25) is 0 Å². The number of fused-ring (bicyclic) bond motifs is 1. The molecule has 1 aromatic carbocycles. The molecular formula is C17H24N2O3. The van der Waals surface area contributed by atoms with Crippen LogP contribution in [0.3, 0.4) is 0 Å². The molecule has 120 valence electrons. The average Bonchev–Trinajstić information content (AvgIpc) is 2.50. The highest BCUT2D eigenvalue weighted by Gasteiger charge is 2.35. The molecule has 0 saturated heterocycles. The zero-order valence-corrected chi connectivity index (χ0v) is 13.7. The van der Waals surface area contributed by atoms with Gasteiger partial charge in [0.25, 0.3) is 5.91 Å². The average molecular weight is 304 g/mol. The number of hydrogen-bond acceptors (Lipinski definition) is 4. The molecule has 22 heavy (non-hydrogen) atoms. The summed E-state index contributed by atoms with van der Waals surface area (Å²) in [5.74, 6) is 0.695. The molecule has 1 aromatic rings. The first-order valence-electron chi connectivity index (χ1n) is 7.81. The Morgan fingerprint density at radius 3 is 2.73 bits per heavy atom. The number of nitrogens with one attached hydrogen (secondary N) is 1. The number of ether oxygens (including phenoxy) is 1. The topological polar surface area (TPSA) is 58.6 Å². The van der Waals surface area contributed by atoms with Crippen LogP contribution in [-0.2, 0) is 4.79 Å². The molecule has 5 heteroatoms. The third-order valence-corrected chi connectivity index (χ3v) is 3.81. The lowest BCUT2D eigenvalue weighted by Gasteiger charge is -2.36. The van der Waals surface area contributed by atoms with Crippen molar-refractivity contribution in [2.75, 3.05) is 18.5 Å². The van der Waals surface area contributed by atoms with Gasteiger partial charge in [0.1, 0.15) is 5.75 Å². The van der Waals surface area contributed by atoms with Crippen molar-refractivity contribution in [3.8, 4) is 5.75 Å². The van der Waals surface area contributed by atoms with Gasteiger partial charge in [0, 0.05) is 24.6 Å². The Hall–Kier alpha value is -1.88. The van der Waals surface area contributed by atoms with Gasteiger partial charge >= 0.3 is 0 Å². The van der Waals surface area contributed by atoms with E-state index in [4.69, 9.17) is 4.74 Å². The Morgan fingerprint density at radius 1 is 1.41 bits per heavy atom. The van der Waals surface area contributed by atoms with Gasteiger partial charge in [-0.25, -0.2) is 0 Å². The Kier molecular flexibility index (Phi) is 5.19. The first kappa shape index (κ1) is 16.5. The van der Waals surface area contributed by atoms with E-state index in [9.17, 15) is 9.59 Å². The van der Waals surface area contributed by atoms with Crippen LogP contribution in [0.4, 0.5) is 5.69 Å². The lowest BCUT2D eigenvalue weighted by molar-refractivity contribution is -0.126. The highest BCUT2D eigenvalue weighted by molar-refractivity contribution is 6.03. The minimum Gasteiger partial charge on any atom is -0.478 e. The maximum atomic E-state index is 12.5. The zero-order chi connectivity index (χ0) is 16.3. The molecule has 0 bridgehead atoms. The fourth-order valence-corrected chi connectivity index (χ4v) is 2.63. The molecule has 1 unspecified atom stereocenters. The maximum Gasteiger partial charge on any atom is 0.268 e. The number of benzene rings is 1. The summed E-state index contributed by atoms with van der Waals surface area (Å²) in [5, 5.41) is 2.97. The summed E-state index contributed by atoms with van der Waals surface area (Å²) in [6.07, 6.45) is 0.619. The van der Waals surface area contributed by atoms with E-state index in [2.05, 4.69) is 5.32 Å². The normalized spacial score (nSPS) is 17.4. The molecule has 0 spiro atoms. The van der Waals surface area contributed by atoms with E-state index in [1.54, 1.807) is 23.1 Å². The third-order valence-electron chi connectivity index (χ3n) is 3.81. The Morgan fingerprint density at radius 2 is 2.14 bits per heavy atom. The fraction of sp³-hybridized carbons (Fsp3) is 0.529. The lowest BCUT2D eigenvalue weighted by atomic mass is 10.0. The molecule has 2 rings (SSSR count). The quantitative estimate of drug-likeness (QED) is 0.820. The van der Waals surface area contributed by atoms with E-state index in [-0.39, 0.29) is 17.7 Å². The van der Waals surface area contributed by atoms with Crippen molar-refractivity contribution < 1.29 is 14.3 Å². The highest BCUT2D eigenvalue weighted by Crippen LogP contribution is 2.37. The number of carbonyl (C=O) groups excluding carboxylic acids is 2. The van der Waals surface area contributed by atoms with Crippen LogP contribution in [0.2, 0.25) is 0 Å². The Bertz CT molecular complexity index is 569. The second-order valence-corrected chi connectivity index (χ2v) is 5.78. The number of amides is 1. The first-order valence-corrected chi connectivity index (χ1v) is 7.81. The monoisotopic (exact) mass is 304 g/mol. The molecule has 0 aliphatic carbocycles. The minimum absolute atomic E-state index is 0.0202. The number of ketones is 1. The van der Waals surface area contributed by atoms with Crippen molar-refractivity contribution in [3.63, 3.8) is 0 Å². The van der Waals surface area contributed by atoms with E-state index in [1.165, 1.54) is 0 Å². The number of rotatable bonds is 6. The predicted molar refractivity (Wildman–Crippen MR) is 86.6 cm³/mol. The molecule has 1 aliphatic heterocycles. The van der Waals surface area contributed by atoms with E-state index >= 15 is 0 Å². The van der Waals surface area contributed by atoms with Gasteiger partial charge in [0.15, 0.2) is 11.9 Å². The second-order valence-electron chi connectivity index (χ2n) is 5.78. The predicted octanol–water partition coefficient (Wildman–Crippen LogP) is 2.39. The first-order chi connectivity index (χ1) is 10.5. The Labute approximate surface area is 131 Å². The van der Waals surface area contributed by atoms with Gasteiger partial charge in [-0.05, 0) is 45.5 Å².